The zero-order chi connectivity index (χ0) is 30.5. The first-order valence-corrected chi connectivity index (χ1v) is 16.5. The first-order chi connectivity index (χ1) is 22.8. The highest BCUT2D eigenvalue weighted by molar-refractivity contribution is 7.26. The lowest BCUT2D eigenvalue weighted by Crippen LogP contribution is -2.10. The minimum atomic E-state index is 1.13. The molecule has 46 heavy (non-hydrogen) atoms. The topological polar surface area (TPSA) is 3.24 Å². The highest BCUT2D eigenvalue weighted by atomic mass is 32.1. The lowest BCUT2D eigenvalue weighted by Gasteiger charge is -2.27. The van der Waals surface area contributed by atoms with Gasteiger partial charge in [-0.15, -0.1) is 11.3 Å². The summed E-state index contributed by atoms with van der Waals surface area (Å²) >= 11 is 1.87. The Morgan fingerprint density at radius 1 is 0.370 bits per heavy atom. The molecule has 0 aliphatic carbocycles. The van der Waals surface area contributed by atoms with E-state index in [1.54, 1.807) is 0 Å². The van der Waals surface area contributed by atoms with E-state index in [1.165, 1.54) is 69.7 Å². The lowest BCUT2D eigenvalue weighted by molar-refractivity contribution is 1.30. The Kier molecular flexibility index (Phi) is 6.40. The Labute approximate surface area is 272 Å². The second kappa shape index (κ2) is 11.0. The summed E-state index contributed by atoms with van der Waals surface area (Å²) in [6, 6.07) is 63.9. The van der Waals surface area contributed by atoms with Gasteiger partial charge in [0, 0.05) is 31.5 Å². The second-order valence-electron chi connectivity index (χ2n) is 11.7. The van der Waals surface area contributed by atoms with Crippen LogP contribution in [-0.2, 0) is 0 Å². The molecule has 8 aromatic carbocycles. The number of thiophene rings is 1. The van der Waals surface area contributed by atoms with Crippen molar-refractivity contribution in [2.45, 2.75) is 0 Å². The third kappa shape index (κ3) is 4.46. The maximum Gasteiger partial charge on any atom is 0.0554 e. The average molecular weight is 604 g/mol. The van der Waals surface area contributed by atoms with Crippen LogP contribution in [0.5, 0.6) is 0 Å². The third-order valence-electron chi connectivity index (χ3n) is 9.02. The number of para-hydroxylation sites is 1. The van der Waals surface area contributed by atoms with Crippen molar-refractivity contribution in [2.75, 3.05) is 4.90 Å². The van der Waals surface area contributed by atoms with Gasteiger partial charge in [-0.05, 0) is 92.3 Å². The fraction of sp³-hybridized carbons (Fsp3) is 0. The van der Waals surface area contributed by atoms with Crippen LogP contribution in [0.15, 0.2) is 176 Å². The SMILES string of the molecule is c1ccc(-c2ccc(-c3cccc(N(c4ccccc4)c4cccc5sc6cc7ccccc7cc6c45)c3)c3ccccc23)cc1. The van der Waals surface area contributed by atoms with E-state index in [4.69, 9.17) is 0 Å². The number of rotatable bonds is 5. The summed E-state index contributed by atoms with van der Waals surface area (Å²) in [5.74, 6) is 0. The molecule has 0 spiro atoms. The fourth-order valence-corrected chi connectivity index (χ4v) is 8.07. The van der Waals surface area contributed by atoms with Crippen LogP contribution in [0.4, 0.5) is 17.1 Å². The van der Waals surface area contributed by atoms with E-state index in [0.29, 0.717) is 0 Å². The standard InChI is InChI=1S/C44H29NS/c1-3-13-30(14-4-1)36-25-26-37(39-22-10-9-21-38(36)39)33-17-11-20-35(27-33)45(34-18-5-2-6-19-34)41-23-12-24-42-44(41)40-28-31-15-7-8-16-32(31)29-43(40)46-42/h1-29H. The largest absolute Gasteiger partial charge is 0.310 e. The van der Waals surface area contributed by atoms with E-state index in [2.05, 4.69) is 181 Å². The Morgan fingerprint density at radius 3 is 1.72 bits per heavy atom. The predicted molar refractivity (Wildman–Crippen MR) is 200 cm³/mol. The van der Waals surface area contributed by atoms with Crippen LogP contribution >= 0.6 is 11.3 Å². The van der Waals surface area contributed by atoms with E-state index < -0.39 is 0 Å². The maximum atomic E-state index is 2.42. The molecule has 0 saturated carbocycles. The molecule has 216 valence electrons. The van der Waals surface area contributed by atoms with Crippen LogP contribution in [0.2, 0.25) is 0 Å². The molecule has 2 heteroatoms. The highest BCUT2D eigenvalue weighted by Crippen LogP contribution is 2.46. The molecule has 0 atom stereocenters. The number of fused-ring (bicyclic) bond motifs is 5. The molecule has 1 heterocycles. The normalized spacial score (nSPS) is 11.5. The van der Waals surface area contributed by atoms with Crippen LogP contribution in [-0.4, -0.2) is 0 Å². The van der Waals surface area contributed by atoms with Gasteiger partial charge in [-0.3, -0.25) is 0 Å². The molecule has 9 rings (SSSR count). The number of nitrogens with zero attached hydrogens (tertiary/aromatic N) is 1. The molecule has 0 N–H and O–H groups in total. The van der Waals surface area contributed by atoms with Crippen LogP contribution in [0, 0.1) is 0 Å². The van der Waals surface area contributed by atoms with Crippen molar-refractivity contribution in [1.82, 2.24) is 0 Å². The Morgan fingerprint density at radius 2 is 0.957 bits per heavy atom. The lowest BCUT2D eigenvalue weighted by atomic mass is 9.92. The molecule has 1 nitrogen and oxygen atoms in total. The molecule has 0 amide bonds. The zero-order valence-corrected chi connectivity index (χ0v) is 25.9. The molecule has 0 radical (unpaired) electrons. The maximum absolute atomic E-state index is 2.42. The molecule has 0 bridgehead atoms. The zero-order valence-electron chi connectivity index (χ0n) is 25.1. The van der Waals surface area contributed by atoms with Gasteiger partial charge >= 0.3 is 0 Å². The summed E-state index contributed by atoms with van der Waals surface area (Å²) in [6.45, 7) is 0. The first-order valence-electron chi connectivity index (χ1n) is 15.7. The van der Waals surface area contributed by atoms with Gasteiger partial charge in [-0.2, -0.15) is 0 Å². The van der Waals surface area contributed by atoms with Gasteiger partial charge in [0.15, 0.2) is 0 Å². The molecule has 0 unspecified atom stereocenters. The van der Waals surface area contributed by atoms with Crippen molar-refractivity contribution in [2.24, 2.45) is 0 Å². The summed E-state index contributed by atoms with van der Waals surface area (Å²) in [7, 11) is 0. The smallest absolute Gasteiger partial charge is 0.0554 e. The van der Waals surface area contributed by atoms with Crippen molar-refractivity contribution in [3.05, 3.63) is 176 Å². The van der Waals surface area contributed by atoms with Crippen molar-refractivity contribution < 1.29 is 0 Å². The van der Waals surface area contributed by atoms with Crippen LogP contribution < -0.4 is 4.90 Å². The Balaban J connectivity index is 1.26. The van der Waals surface area contributed by atoms with Gasteiger partial charge < -0.3 is 4.90 Å². The summed E-state index contributed by atoms with van der Waals surface area (Å²) < 4.78 is 2.61. The van der Waals surface area contributed by atoms with Gasteiger partial charge in [0.25, 0.3) is 0 Å². The van der Waals surface area contributed by atoms with E-state index >= 15 is 0 Å². The van der Waals surface area contributed by atoms with E-state index in [1.807, 2.05) is 11.3 Å². The van der Waals surface area contributed by atoms with E-state index in [-0.39, 0.29) is 0 Å². The minimum absolute atomic E-state index is 1.13. The third-order valence-corrected chi connectivity index (χ3v) is 10.1. The van der Waals surface area contributed by atoms with Crippen molar-refractivity contribution >= 4 is 70.1 Å². The molecular weight excluding hydrogens is 575 g/mol. The van der Waals surface area contributed by atoms with Gasteiger partial charge in [-0.1, -0.05) is 127 Å². The summed E-state index contributed by atoms with van der Waals surface area (Å²) in [6.07, 6.45) is 0. The summed E-state index contributed by atoms with van der Waals surface area (Å²) in [5, 5.41) is 7.65. The van der Waals surface area contributed by atoms with Crippen LogP contribution in [0.3, 0.4) is 0 Å². The van der Waals surface area contributed by atoms with Crippen molar-refractivity contribution in [3.63, 3.8) is 0 Å². The second-order valence-corrected chi connectivity index (χ2v) is 12.8. The van der Waals surface area contributed by atoms with Crippen LogP contribution in [0.25, 0.3) is 64.0 Å². The van der Waals surface area contributed by atoms with Crippen LogP contribution in [0.1, 0.15) is 0 Å². The van der Waals surface area contributed by atoms with Crippen molar-refractivity contribution in [1.29, 1.82) is 0 Å². The van der Waals surface area contributed by atoms with E-state index in [0.717, 1.165) is 11.4 Å². The average Bonchev–Trinajstić information content (AvgIpc) is 3.49. The number of hydrogen-bond donors (Lipinski definition) is 0. The first kappa shape index (κ1) is 26.7. The molecular formula is C44H29NS. The number of anilines is 3. The molecule has 9 aromatic rings. The van der Waals surface area contributed by atoms with Gasteiger partial charge in [0.2, 0.25) is 0 Å². The van der Waals surface area contributed by atoms with E-state index in [9.17, 15) is 0 Å². The molecule has 0 aliphatic heterocycles. The monoisotopic (exact) mass is 603 g/mol. The Bertz CT molecular complexity index is 2530. The fourth-order valence-electron chi connectivity index (χ4n) is 6.92. The molecule has 0 fully saturated rings. The molecule has 1 aromatic heterocycles. The van der Waals surface area contributed by atoms with Gasteiger partial charge in [0.05, 0.1) is 5.69 Å². The quantitative estimate of drug-likeness (QED) is 0.189. The molecule has 0 aliphatic rings. The predicted octanol–water partition coefficient (Wildman–Crippen LogP) is 13.2. The number of benzene rings is 8. The Hall–Kier alpha value is -5.70. The molecule has 0 saturated heterocycles. The van der Waals surface area contributed by atoms with Crippen molar-refractivity contribution in [3.8, 4) is 22.3 Å². The number of hydrogen-bond acceptors (Lipinski definition) is 2. The minimum Gasteiger partial charge on any atom is -0.310 e. The van der Waals surface area contributed by atoms with Gasteiger partial charge in [0.1, 0.15) is 0 Å². The summed E-state index contributed by atoms with van der Waals surface area (Å²) in [5.41, 5.74) is 8.37. The summed E-state index contributed by atoms with van der Waals surface area (Å²) in [4.78, 5) is 2.42. The van der Waals surface area contributed by atoms with Gasteiger partial charge in [-0.25, -0.2) is 0 Å². The highest BCUT2D eigenvalue weighted by Gasteiger charge is 2.19.